The van der Waals surface area contributed by atoms with Gasteiger partial charge < -0.3 is 14.4 Å². The number of carbonyl (C=O) groups excluding carboxylic acids is 3. The molecule has 22 heavy (non-hydrogen) atoms. The van der Waals surface area contributed by atoms with Gasteiger partial charge in [-0.2, -0.15) is 0 Å². The van der Waals surface area contributed by atoms with Gasteiger partial charge >= 0.3 is 17.8 Å². The second kappa shape index (κ2) is 7.35. The fourth-order valence-electron chi connectivity index (χ4n) is 2.32. The van der Waals surface area contributed by atoms with Crippen molar-refractivity contribution >= 4 is 29.2 Å². The van der Waals surface area contributed by atoms with Crippen LogP contribution < -0.4 is 0 Å². The predicted molar refractivity (Wildman–Crippen MR) is 78.4 cm³/mol. The van der Waals surface area contributed by atoms with Gasteiger partial charge in [0, 0.05) is 11.9 Å². The smallest absolute Gasteiger partial charge is 0.397 e. The van der Waals surface area contributed by atoms with Crippen molar-refractivity contribution in [3.8, 4) is 0 Å². The maximum atomic E-state index is 12.1. The predicted octanol–water partition coefficient (Wildman–Crippen LogP) is 1.55. The molecule has 0 saturated carbocycles. The van der Waals surface area contributed by atoms with E-state index < -0.39 is 17.8 Å². The molecule has 120 valence electrons. The molecule has 1 saturated heterocycles. The van der Waals surface area contributed by atoms with Crippen LogP contribution in [0.15, 0.2) is 5.38 Å². The minimum Gasteiger partial charge on any atom is -0.461 e. The van der Waals surface area contributed by atoms with Gasteiger partial charge in [-0.05, 0) is 26.7 Å². The fourth-order valence-corrected chi connectivity index (χ4v) is 3.25. The zero-order chi connectivity index (χ0) is 16.1. The third-order valence-corrected chi connectivity index (χ3v) is 4.20. The van der Waals surface area contributed by atoms with E-state index in [2.05, 4.69) is 4.98 Å². The van der Waals surface area contributed by atoms with Gasteiger partial charge in [0.25, 0.3) is 0 Å². The summed E-state index contributed by atoms with van der Waals surface area (Å²) < 4.78 is 9.65. The molecule has 0 aliphatic carbocycles. The van der Waals surface area contributed by atoms with Gasteiger partial charge in [-0.25, -0.2) is 14.6 Å². The third-order valence-electron chi connectivity index (χ3n) is 3.26. The lowest BCUT2D eigenvalue weighted by molar-refractivity contribution is -0.160. The highest BCUT2D eigenvalue weighted by atomic mass is 32.1. The highest BCUT2D eigenvalue weighted by Gasteiger charge is 2.36. The number of likely N-dealkylation sites (tertiary alicyclic amines) is 1. The molecule has 0 aromatic carbocycles. The molecule has 2 rings (SSSR count). The molecule has 1 aliphatic heterocycles. The van der Waals surface area contributed by atoms with E-state index in [1.165, 1.54) is 16.2 Å². The number of nitrogens with zero attached hydrogens (tertiary/aromatic N) is 2. The summed E-state index contributed by atoms with van der Waals surface area (Å²) in [5.74, 6) is -1.99. The Morgan fingerprint density at radius 1 is 1.32 bits per heavy atom. The molecular weight excluding hydrogens is 308 g/mol. The van der Waals surface area contributed by atoms with Crippen molar-refractivity contribution < 1.29 is 23.9 Å². The Bertz CT molecular complexity index is 571. The summed E-state index contributed by atoms with van der Waals surface area (Å²) in [5, 5.41) is 2.25. The first-order chi connectivity index (χ1) is 10.6. The van der Waals surface area contributed by atoms with Crippen molar-refractivity contribution in [1.29, 1.82) is 0 Å². The fraction of sp³-hybridized carbons (Fsp3) is 0.571. The Morgan fingerprint density at radius 3 is 2.73 bits per heavy atom. The molecule has 1 aliphatic rings. The Labute approximate surface area is 132 Å². The van der Waals surface area contributed by atoms with E-state index in [0.717, 1.165) is 6.42 Å². The average molecular weight is 326 g/mol. The Hall–Kier alpha value is -1.96. The standard InChI is InChI=1S/C14H18N2O5S/c1-3-20-13(18)9-8-22-11(15-9)10-6-5-7-16(10)12(17)14(19)21-4-2/h8,10H,3-7H2,1-2H3/t10-/m0/s1. The average Bonchev–Trinajstić information content (AvgIpc) is 3.15. The molecule has 0 unspecified atom stereocenters. The number of esters is 2. The topological polar surface area (TPSA) is 85.8 Å². The second-order valence-electron chi connectivity index (χ2n) is 4.67. The number of ether oxygens (including phenoxy) is 2. The van der Waals surface area contributed by atoms with Crippen LogP contribution in [0.2, 0.25) is 0 Å². The van der Waals surface area contributed by atoms with E-state index in [0.29, 0.717) is 18.0 Å². The molecule has 1 amide bonds. The van der Waals surface area contributed by atoms with Crippen LogP contribution in [0.4, 0.5) is 0 Å². The number of hydrogen-bond acceptors (Lipinski definition) is 7. The Morgan fingerprint density at radius 2 is 2.05 bits per heavy atom. The van der Waals surface area contributed by atoms with Crippen molar-refractivity contribution in [3.05, 3.63) is 16.1 Å². The molecule has 1 fully saturated rings. The van der Waals surface area contributed by atoms with Crippen molar-refractivity contribution in [2.75, 3.05) is 19.8 Å². The van der Waals surface area contributed by atoms with Crippen LogP contribution in [0.5, 0.6) is 0 Å². The van der Waals surface area contributed by atoms with Gasteiger partial charge in [0.1, 0.15) is 5.01 Å². The summed E-state index contributed by atoms with van der Waals surface area (Å²) >= 11 is 1.29. The zero-order valence-electron chi connectivity index (χ0n) is 12.5. The van der Waals surface area contributed by atoms with Gasteiger partial charge in [0.2, 0.25) is 0 Å². The lowest BCUT2D eigenvalue weighted by atomic mass is 10.2. The molecule has 0 bridgehead atoms. The molecular formula is C14H18N2O5S. The first-order valence-electron chi connectivity index (χ1n) is 7.18. The summed E-state index contributed by atoms with van der Waals surface area (Å²) in [7, 11) is 0. The minimum atomic E-state index is -0.850. The largest absolute Gasteiger partial charge is 0.461 e. The summed E-state index contributed by atoms with van der Waals surface area (Å²) in [5.41, 5.74) is 0.234. The number of amides is 1. The molecule has 1 aromatic heterocycles. The third kappa shape index (κ3) is 3.44. The monoisotopic (exact) mass is 326 g/mol. The summed E-state index contributed by atoms with van der Waals surface area (Å²) in [6, 6.07) is -0.287. The molecule has 2 heterocycles. The van der Waals surface area contributed by atoms with Crippen molar-refractivity contribution in [2.24, 2.45) is 0 Å². The number of hydrogen-bond donors (Lipinski definition) is 0. The lowest BCUT2D eigenvalue weighted by Gasteiger charge is -2.21. The van der Waals surface area contributed by atoms with Gasteiger partial charge in [0.05, 0.1) is 19.3 Å². The maximum absolute atomic E-state index is 12.1. The highest BCUT2D eigenvalue weighted by molar-refractivity contribution is 7.09. The summed E-state index contributed by atoms with van der Waals surface area (Å²) in [4.78, 5) is 41.1. The van der Waals surface area contributed by atoms with E-state index in [1.807, 2.05) is 0 Å². The van der Waals surface area contributed by atoms with E-state index >= 15 is 0 Å². The molecule has 0 radical (unpaired) electrons. The van der Waals surface area contributed by atoms with Crippen LogP contribution in [0.1, 0.15) is 48.2 Å². The van der Waals surface area contributed by atoms with Crippen LogP contribution >= 0.6 is 11.3 Å². The van der Waals surface area contributed by atoms with Gasteiger partial charge in [-0.1, -0.05) is 0 Å². The number of thiazole rings is 1. The Balaban J connectivity index is 2.12. The lowest BCUT2D eigenvalue weighted by Crippen LogP contribution is -2.37. The van der Waals surface area contributed by atoms with Crippen LogP contribution in [-0.2, 0) is 19.1 Å². The van der Waals surface area contributed by atoms with Gasteiger partial charge in [-0.15, -0.1) is 11.3 Å². The first kappa shape index (κ1) is 16.4. The van der Waals surface area contributed by atoms with Crippen molar-refractivity contribution in [2.45, 2.75) is 32.7 Å². The maximum Gasteiger partial charge on any atom is 0.397 e. The first-order valence-corrected chi connectivity index (χ1v) is 8.06. The minimum absolute atomic E-state index is 0.160. The van der Waals surface area contributed by atoms with Crippen LogP contribution in [0, 0.1) is 0 Å². The quantitative estimate of drug-likeness (QED) is 0.616. The zero-order valence-corrected chi connectivity index (χ0v) is 13.4. The SMILES string of the molecule is CCOC(=O)C(=O)N1CCC[C@H]1c1nc(C(=O)OCC)cs1. The normalized spacial score (nSPS) is 17.4. The molecule has 0 spiro atoms. The molecule has 0 N–H and O–H groups in total. The molecule has 8 heteroatoms. The number of rotatable bonds is 4. The van der Waals surface area contributed by atoms with Crippen LogP contribution in [-0.4, -0.2) is 47.5 Å². The van der Waals surface area contributed by atoms with Crippen LogP contribution in [0.25, 0.3) is 0 Å². The molecule has 1 atom stereocenters. The molecule has 1 aromatic rings. The number of carbonyl (C=O) groups is 3. The van der Waals surface area contributed by atoms with Crippen molar-refractivity contribution in [1.82, 2.24) is 9.88 Å². The van der Waals surface area contributed by atoms with Crippen molar-refractivity contribution in [3.63, 3.8) is 0 Å². The van der Waals surface area contributed by atoms with Crippen LogP contribution in [0.3, 0.4) is 0 Å². The summed E-state index contributed by atoms with van der Waals surface area (Å²) in [6.07, 6.45) is 1.49. The van der Waals surface area contributed by atoms with Gasteiger partial charge in [0.15, 0.2) is 5.69 Å². The summed E-state index contributed by atoms with van der Waals surface area (Å²) in [6.45, 7) is 4.30. The van der Waals surface area contributed by atoms with Gasteiger partial charge in [-0.3, -0.25) is 4.79 Å². The van der Waals surface area contributed by atoms with E-state index in [1.54, 1.807) is 19.2 Å². The van der Waals surface area contributed by atoms with E-state index in [9.17, 15) is 14.4 Å². The number of aromatic nitrogens is 1. The van der Waals surface area contributed by atoms with E-state index in [-0.39, 0.29) is 24.9 Å². The van der Waals surface area contributed by atoms with E-state index in [4.69, 9.17) is 9.47 Å². The highest BCUT2D eigenvalue weighted by Crippen LogP contribution is 2.34. The Kier molecular flexibility index (Phi) is 5.48. The molecule has 7 nitrogen and oxygen atoms in total. The second-order valence-corrected chi connectivity index (χ2v) is 5.56.